The van der Waals surface area contributed by atoms with Crippen molar-refractivity contribution < 1.29 is 35.9 Å². The summed E-state index contributed by atoms with van der Waals surface area (Å²) < 4.78 is 76.2. The van der Waals surface area contributed by atoms with E-state index in [1.165, 1.54) is 54.1 Å². The highest BCUT2D eigenvalue weighted by atomic mass is 32.2. The molecule has 0 atom stereocenters. The second-order valence-corrected chi connectivity index (χ2v) is 9.15. The first-order valence-electron chi connectivity index (χ1n) is 10.4. The summed E-state index contributed by atoms with van der Waals surface area (Å²) in [5.41, 5.74) is 0.0775. The Morgan fingerprint density at radius 3 is 2.47 bits per heavy atom. The molecule has 3 rings (SSSR count). The van der Waals surface area contributed by atoms with Gasteiger partial charge in [-0.05, 0) is 44.2 Å². The van der Waals surface area contributed by atoms with E-state index in [0.717, 1.165) is 12.1 Å². The van der Waals surface area contributed by atoms with Crippen LogP contribution in [-0.2, 0) is 17.1 Å². The SMILES string of the molecule is CCOc1cc(NC(=O)c2ccn(C)c(=O)c2C)ccc1S(=O)(=O)Nc1cccc(OC(F)(F)F)c1. The Bertz CT molecular complexity index is 1450. The molecular formula is C23H22F3N3O6S. The Hall–Kier alpha value is -4.00. The number of hydrogen-bond donors (Lipinski definition) is 2. The van der Waals surface area contributed by atoms with Crippen molar-refractivity contribution in [2.45, 2.75) is 25.1 Å². The Kier molecular flexibility index (Phi) is 7.62. The van der Waals surface area contributed by atoms with E-state index in [2.05, 4.69) is 14.8 Å². The largest absolute Gasteiger partial charge is 0.573 e. The van der Waals surface area contributed by atoms with Crippen molar-refractivity contribution in [1.29, 1.82) is 0 Å². The lowest BCUT2D eigenvalue weighted by Gasteiger charge is -2.15. The number of ether oxygens (including phenoxy) is 2. The molecule has 9 nitrogen and oxygen atoms in total. The van der Waals surface area contributed by atoms with Gasteiger partial charge in [-0.25, -0.2) is 8.42 Å². The van der Waals surface area contributed by atoms with E-state index in [1.54, 1.807) is 14.0 Å². The van der Waals surface area contributed by atoms with E-state index < -0.39 is 28.0 Å². The zero-order valence-electron chi connectivity index (χ0n) is 19.3. The van der Waals surface area contributed by atoms with Gasteiger partial charge in [-0.1, -0.05) is 6.07 Å². The molecule has 2 N–H and O–H groups in total. The van der Waals surface area contributed by atoms with Crippen LogP contribution in [0.4, 0.5) is 24.5 Å². The third kappa shape index (κ3) is 6.36. The fourth-order valence-corrected chi connectivity index (χ4v) is 4.42. The first-order chi connectivity index (χ1) is 16.8. The highest BCUT2D eigenvalue weighted by molar-refractivity contribution is 7.92. The van der Waals surface area contributed by atoms with Crippen molar-refractivity contribution in [2.75, 3.05) is 16.6 Å². The minimum Gasteiger partial charge on any atom is -0.492 e. The number of pyridine rings is 1. The van der Waals surface area contributed by atoms with Crippen LogP contribution in [0.15, 0.2) is 64.4 Å². The summed E-state index contributed by atoms with van der Waals surface area (Å²) in [7, 11) is -2.76. The van der Waals surface area contributed by atoms with E-state index in [1.807, 2.05) is 0 Å². The number of amides is 1. The van der Waals surface area contributed by atoms with Crippen LogP contribution >= 0.6 is 0 Å². The molecule has 0 fully saturated rings. The van der Waals surface area contributed by atoms with Crippen molar-refractivity contribution in [1.82, 2.24) is 4.57 Å². The smallest absolute Gasteiger partial charge is 0.492 e. The van der Waals surface area contributed by atoms with Crippen molar-refractivity contribution in [3.8, 4) is 11.5 Å². The molecule has 13 heteroatoms. The molecule has 36 heavy (non-hydrogen) atoms. The van der Waals surface area contributed by atoms with Gasteiger partial charge in [0.25, 0.3) is 21.5 Å². The molecule has 0 bridgehead atoms. The zero-order valence-corrected chi connectivity index (χ0v) is 20.2. The molecule has 2 aromatic carbocycles. The van der Waals surface area contributed by atoms with Crippen LogP contribution in [0.25, 0.3) is 0 Å². The van der Waals surface area contributed by atoms with Crippen LogP contribution in [0.1, 0.15) is 22.8 Å². The summed E-state index contributed by atoms with van der Waals surface area (Å²) in [6.45, 7) is 3.22. The van der Waals surface area contributed by atoms with Gasteiger partial charge in [-0.15, -0.1) is 13.2 Å². The van der Waals surface area contributed by atoms with Crippen LogP contribution in [0, 0.1) is 6.92 Å². The third-order valence-corrected chi connectivity index (χ3v) is 6.29. The van der Waals surface area contributed by atoms with Gasteiger partial charge in [0.15, 0.2) is 0 Å². The minimum absolute atomic E-state index is 0.0860. The van der Waals surface area contributed by atoms with Crippen LogP contribution in [0.5, 0.6) is 11.5 Å². The van der Waals surface area contributed by atoms with Gasteiger partial charge in [-0.3, -0.25) is 14.3 Å². The monoisotopic (exact) mass is 525 g/mol. The molecule has 0 aliphatic heterocycles. The standard InChI is InChI=1S/C23H22F3N3O6S/c1-4-34-19-13-15(27-21(30)18-10-11-29(3)22(31)14(18)2)8-9-20(19)36(32,33)28-16-6-5-7-17(12-16)35-23(24,25)26/h5-13,28H,4H2,1-3H3,(H,27,30). The van der Waals surface area contributed by atoms with Crippen molar-refractivity contribution in [3.63, 3.8) is 0 Å². The summed E-state index contributed by atoms with van der Waals surface area (Å²) in [5.74, 6) is -1.29. The Labute approximate surface area is 204 Å². The molecule has 0 saturated heterocycles. The average Bonchev–Trinajstić information content (AvgIpc) is 2.76. The molecule has 1 amide bonds. The molecule has 1 heterocycles. The summed E-state index contributed by atoms with van der Waals surface area (Å²) in [6, 6.07) is 9.61. The predicted molar refractivity (Wildman–Crippen MR) is 126 cm³/mol. The van der Waals surface area contributed by atoms with E-state index >= 15 is 0 Å². The third-order valence-electron chi connectivity index (χ3n) is 4.87. The lowest BCUT2D eigenvalue weighted by molar-refractivity contribution is -0.274. The Morgan fingerprint density at radius 1 is 1.08 bits per heavy atom. The van der Waals surface area contributed by atoms with E-state index in [4.69, 9.17) is 4.74 Å². The Morgan fingerprint density at radius 2 is 1.81 bits per heavy atom. The van der Waals surface area contributed by atoms with Gasteiger partial charge in [0.2, 0.25) is 0 Å². The number of carbonyl (C=O) groups excluding carboxylic acids is 1. The molecule has 0 saturated carbocycles. The number of nitrogens with one attached hydrogen (secondary N) is 2. The van der Waals surface area contributed by atoms with E-state index in [-0.39, 0.29) is 45.3 Å². The quantitative estimate of drug-likeness (QED) is 0.459. The predicted octanol–water partition coefficient (Wildman–Crippen LogP) is 4.04. The molecule has 0 aliphatic carbocycles. The molecule has 0 radical (unpaired) electrons. The Balaban J connectivity index is 1.88. The number of alkyl halides is 3. The van der Waals surface area contributed by atoms with Crippen LogP contribution < -0.4 is 25.1 Å². The van der Waals surface area contributed by atoms with Gasteiger partial charge in [0.1, 0.15) is 16.4 Å². The maximum atomic E-state index is 13.0. The first-order valence-corrected chi connectivity index (χ1v) is 11.9. The molecular weight excluding hydrogens is 503 g/mol. The fourth-order valence-electron chi connectivity index (χ4n) is 3.25. The van der Waals surface area contributed by atoms with Crippen LogP contribution in [-0.4, -0.2) is 31.9 Å². The number of carbonyl (C=O) groups is 1. The fraction of sp³-hybridized carbons (Fsp3) is 0.217. The number of aromatic nitrogens is 1. The van der Waals surface area contributed by atoms with E-state index in [9.17, 15) is 31.2 Å². The number of aryl methyl sites for hydroxylation is 1. The van der Waals surface area contributed by atoms with Gasteiger partial charge in [0.05, 0.1) is 12.3 Å². The molecule has 192 valence electrons. The average molecular weight is 526 g/mol. The van der Waals surface area contributed by atoms with E-state index in [0.29, 0.717) is 0 Å². The lowest BCUT2D eigenvalue weighted by Crippen LogP contribution is -2.24. The highest BCUT2D eigenvalue weighted by Crippen LogP contribution is 2.31. The number of anilines is 2. The summed E-state index contributed by atoms with van der Waals surface area (Å²) in [4.78, 5) is 24.5. The highest BCUT2D eigenvalue weighted by Gasteiger charge is 2.31. The first kappa shape index (κ1) is 26.6. The van der Waals surface area contributed by atoms with Gasteiger partial charge in [-0.2, -0.15) is 0 Å². The van der Waals surface area contributed by atoms with Crippen molar-refractivity contribution in [3.05, 3.63) is 76.2 Å². The van der Waals surface area contributed by atoms with Crippen molar-refractivity contribution in [2.24, 2.45) is 7.05 Å². The second-order valence-electron chi connectivity index (χ2n) is 7.50. The van der Waals surface area contributed by atoms with Crippen molar-refractivity contribution >= 4 is 27.3 Å². The summed E-state index contributed by atoms with van der Waals surface area (Å²) >= 11 is 0. The molecule has 1 aromatic heterocycles. The number of benzene rings is 2. The molecule has 0 aliphatic rings. The molecule has 0 spiro atoms. The number of rotatable bonds is 8. The topological polar surface area (TPSA) is 116 Å². The van der Waals surface area contributed by atoms with Gasteiger partial charge < -0.3 is 19.4 Å². The van der Waals surface area contributed by atoms with Crippen LogP contribution in [0.3, 0.4) is 0 Å². The maximum absolute atomic E-state index is 13.0. The number of sulfonamides is 1. The second kappa shape index (κ2) is 10.3. The number of halogens is 3. The van der Waals surface area contributed by atoms with Gasteiger partial charge >= 0.3 is 6.36 Å². The summed E-state index contributed by atoms with van der Waals surface area (Å²) in [6.07, 6.45) is -3.49. The zero-order chi connectivity index (χ0) is 26.7. The maximum Gasteiger partial charge on any atom is 0.573 e. The summed E-state index contributed by atoms with van der Waals surface area (Å²) in [5, 5.41) is 2.60. The lowest BCUT2D eigenvalue weighted by atomic mass is 10.1. The number of nitrogens with zero attached hydrogens (tertiary/aromatic N) is 1. The number of hydrogen-bond acceptors (Lipinski definition) is 6. The normalized spacial score (nSPS) is 11.6. The molecule has 3 aromatic rings. The minimum atomic E-state index is -4.94. The van der Waals surface area contributed by atoms with Crippen LogP contribution in [0.2, 0.25) is 0 Å². The molecule has 0 unspecified atom stereocenters. The van der Waals surface area contributed by atoms with Gasteiger partial charge in [0, 0.05) is 42.2 Å².